The first-order chi connectivity index (χ1) is 14.3. The molecule has 0 unspecified atom stereocenters. The van der Waals surface area contributed by atoms with E-state index in [0.29, 0.717) is 28.2 Å². The fraction of sp³-hybridized carbons (Fsp3) is 0.300. The minimum atomic E-state index is -2.84. The van der Waals surface area contributed by atoms with Crippen LogP contribution in [-0.4, -0.2) is 49.2 Å². The van der Waals surface area contributed by atoms with Crippen LogP contribution in [0.5, 0.6) is 23.0 Å². The molecule has 2 aromatic rings. The average molecular weight is 432 g/mol. The first kappa shape index (κ1) is 20.0. The molecule has 30 heavy (non-hydrogen) atoms. The number of benzene rings is 2. The number of amides is 1. The third-order valence-corrected chi connectivity index (χ3v) is 5.85. The molecule has 10 heteroatoms. The van der Waals surface area contributed by atoms with Crippen LogP contribution in [0, 0.1) is 0 Å². The molecule has 0 fully saturated rings. The van der Waals surface area contributed by atoms with Crippen molar-refractivity contribution in [2.45, 2.75) is 12.0 Å². The number of hydrogen-bond acceptors (Lipinski definition) is 7. The van der Waals surface area contributed by atoms with Crippen LogP contribution in [0.1, 0.15) is 43.8 Å². The maximum absolute atomic E-state index is 13.4. The summed E-state index contributed by atoms with van der Waals surface area (Å²) in [4.78, 5) is 28.0. The summed E-state index contributed by atoms with van der Waals surface area (Å²) in [6.45, 7) is 0. The summed E-state index contributed by atoms with van der Waals surface area (Å²) in [6, 6.07) is 5.50. The van der Waals surface area contributed by atoms with E-state index in [1.807, 2.05) is 0 Å². The molecule has 156 valence electrons. The molecule has 1 aliphatic carbocycles. The number of hydrogen-bond donors (Lipinski definition) is 0. The first-order valence-electron chi connectivity index (χ1n) is 8.89. The SMILES string of the molecule is COc1cc2c(cc1OC)[C@@H]1C(=O)c3cc(OS(=O)#[O+])c(OC)cc3[C@@H]1N(C)C2=O. The maximum atomic E-state index is 13.4. The summed E-state index contributed by atoms with van der Waals surface area (Å²) in [5.41, 5.74) is 1.70. The Bertz CT molecular complexity index is 1220. The van der Waals surface area contributed by atoms with Crippen molar-refractivity contribution in [3.63, 3.8) is 0 Å². The molecule has 2 atom stereocenters. The van der Waals surface area contributed by atoms with E-state index in [9.17, 15) is 17.8 Å². The zero-order valence-electron chi connectivity index (χ0n) is 16.6. The van der Waals surface area contributed by atoms with E-state index in [1.54, 1.807) is 19.2 Å². The molecule has 1 amide bonds. The minimum absolute atomic E-state index is 0.0990. The Balaban J connectivity index is 1.94. The molecular formula is C20H18NO8S+. The van der Waals surface area contributed by atoms with Gasteiger partial charge in [0.25, 0.3) is 0 Å². The van der Waals surface area contributed by atoms with Crippen molar-refractivity contribution in [2.24, 2.45) is 0 Å². The number of Topliss-reactive ketones (excluding diaryl/α,β-unsaturated/α-hetero) is 1. The standard InChI is InChI=1S/C20H18NO8S/c1-21-18-10-6-15(28-4)16(29-30(24)25)7-11(10)19(22)17(18)9-5-13(26-2)14(27-3)8-12(9)20(21)23/h5-8,17-18H,1-4H3/q+1/t17-,18-/m0/s1. The second kappa shape index (κ2) is 7.22. The molecule has 2 aromatic carbocycles. The Hall–Kier alpha value is -3.24. The number of methoxy groups -OCH3 is 3. The molecule has 0 radical (unpaired) electrons. The van der Waals surface area contributed by atoms with Crippen molar-refractivity contribution in [1.82, 2.24) is 4.90 Å². The fourth-order valence-corrected chi connectivity index (χ4v) is 4.50. The van der Waals surface area contributed by atoms with Crippen LogP contribution < -0.4 is 18.4 Å². The topological polar surface area (TPSA) is 111 Å². The predicted molar refractivity (Wildman–Crippen MR) is 104 cm³/mol. The van der Waals surface area contributed by atoms with Gasteiger partial charge in [0.15, 0.2) is 0 Å². The summed E-state index contributed by atoms with van der Waals surface area (Å²) < 4.78 is 42.7. The Kier molecular flexibility index (Phi) is 4.83. The van der Waals surface area contributed by atoms with Gasteiger partial charge in [-0.3, -0.25) is 0 Å². The normalized spacial score (nSPS) is 19.0. The number of fused-ring (bicyclic) bond motifs is 5. The molecule has 0 saturated heterocycles. The van der Waals surface area contributed by atoms with Crippen molar-refractivity contribution in [2.75, 3.05) is 28.4 Å². The summed E-state index contributed by atoms with van der Waals surface area (Å²) in [5.74, 6) is -0.382. The van der Waals surface area contributed by atoms with Gasteiger partial charge < -0.3 is 0 Å². The third kappa shape index (κ3) is 2.79. The number of likely N-dealkylation sites (N-methyl/N-ethyl adjacent to an activating group) is 1. The van der Waals surface area contributed by atoms with E-state index < -0.39 is 22.8 Å². The van der Waals surface area contributed by atoms with E-state index in [0.717, 1.165) is 0 Å². The van der Waals surface area contributed by atoms with Gasteiger partial charge in [0, 0.05) is 0 Å². The molecule has 0 spiro atoms. The number of nitrogens with zero attached hydrogens (tertiary/aromatic N) is 1. The second-order valence-corrected chi connectivity index (χ2v) is 7.45. The summed E-state index contributed by atoms with van der Waals surface area (Å²) in [6.07, 6.45) is 0. The van der Waals surface area contributed by atoms with Crippen LogP contribution in [0.2, 0.25) is 0 Å². The number of rotatable bonds is 4. The Morgan fingerprint density at radius 2 is 1.40 bits per heavy atom. The van der Waals surface area contributed by atoms with Crippen LogP contribution in [-0.2, 0) is 14.9 Å². The van der Waals surface area contributed by atoms with Gasteiger partial charge in [0.1, 0.15) is 0 Å². The molecule has 1 heterocycles. The molecule has 0 N–H and O–H groups in total. The summed E-state index contributed by atoms with van der Waals surface area (Å²) >= 11 is 0. The van der Waals surface area contributed by atoms with Crippen LogP contribution in [0.4, 0.5) is 0 Å². The molecule has 0 aromatic heterocycles. The summed E-state index contributed by atoms with van der Waals surface area (Å²) in [7, 11) is 3.08. The number of ketones is 1. The van der Waals surface area contributed by atoms with Crippen molar-refractivity contribution in [1.29, 1.82) is 0 Å². The van der Waals surface area contributed by atoms with Crippen molar-refractivity contribution in [3.8, 4) is 23.0 Å². The van der Waals surface area contributed by atoms with Gasteiger partial charge in [-0.05, 0) is 0 Å². The van der Waals surface area contributed by atoms with Gasteiger partial charge >= 0.3 is 166 Å². The van der Waals surface area contributed by atoms with Crippen molar-refractivity contribution in [3.05, 3.63) is 46.5 Å². The van der Waals surface area contributed by atoms with Gasteiger partial charge in [0.2, 0.25) is 0 Å². The van der Waals surface area contributed by atoms with Crippen LogP contribution >= 0.6 is 0 Å². The van der Waals surface area contributed by atoms with Gasteiger partial charge in [0.05, 0.1) is 7.11 Å². The van der Waals surface area contributed by atoms with Gasteiger partial charge in [-0.25, -0.2) is 0 Å². The average Bonchev–Trinajstić information content (AvgIpc) is 3.01. The molecule has 1 aliphatic heterocycles. The van der Waals surface area contributed by atoms with Gasteiger partial charge in [-0.2, -0.15) is 0 Å². The van der Waals surface area contributed by atoms with Gasteiger partial charge in [-0.15, -0.1) is 0 Å². The molecule has 2 aliphatic rings. The monoisotopic (exact) mass is 432 g/mol. The Morgan fingerprint density at radius 1 is 0.867 bits per heavy atom. The molecule has 9 nitrogen and oxygen atoms in total. The van der Waals surface area contributed by atoms with E-state index in [-0.39, 0.29) is 28.8 Å². The van der Waals surface area contributed by atoms with Crippen LogP contribution in [0.15, 0.2) is 24.3 Å². The number of carbonyl (C=O) groups is 2. The van der Waals surface area contributed by atoms with Crippen molar-refractivity contribution >= 4 is 22.5 Å². The summed E-state index contributed by atoms with van der Waals surface area (Å²) in [5, 5.41) is 0. The van der Waals surface area contributed by atoms with Crippen molar-refractivity contribution < 1.29 is 36.2 Å². The van der Waals surface area contributed by atoms with E-state index in [1.165, 1.54) is 38.4 Å². The van der Waals surface area contributed by atoms with E-state index in [4.69, 9.17) is 18.4 Å². The zero-order valence-corrected chi connectivity index (χ0v) is 17.4. The van der Waals surface area contributed by atoms with Crippen LogP contribution in [0.3, 0.4) is 0 Å². The molecular weight excluding hydrogens is 414 g/mol. The zero-order chi connectivity index (χ0) is 21.7. The van der Waals surface area contributed by atoms with Gasteiger partial charge in [-0.1, -0.05) is 0 Å². The fourth-order valence-electron chi connectivity index (χ4n) is 4.22. The Labute approximate surface area is 173 Å². The molecule has 0 bridgehead atoms. The van der Waals surface area contributed by atoms with Crippen LogP contribution in [0.25, 0.3) is 0 Å². The Morgan fingerprint density at radius 3 is 2.00 bits per heavy atom. The molecule has 0 saturated carbocycles. The number of carbonyl (C=O) groups excluding carboxylic acids is 2. The predicted octanol–water partition coefficient (Wildman–Crippen LogP) is 2.21. The molecule has 4 rings (SSSR count). The van der Waals surface area contributed by atoms with E-state index in [2.05, 4.69) is 0 Å². The second-order valence-electron chi connectivity index (χ2n) is 6.88. The quantitative estimate of drug-likeness (QED) is 0.681. The number of ether oxygens (including phenoxy) is 3. The third-order valence-electron chi connectivity index (χ3n) is 5.53. The first-order valence-corrected chi connectivity index (χ1v) is 9.89. The van der Waals surface area contributed by atoms with E-state index >= 15 is 0 Å².